The SMILES string of the molecule is O=C(c1ccccc1)c1cc2cc(Cl)cc(Cl)c2oc1=O. The maximum atomic E-state index is 12.4. The van der Waals surface area contributed by atoms with Crippen LogP contribution in [0.1, 0.15) is 15.9 Å². The number of carbonyl (C=O) groups excluding carboxylic acids is 1. The summed E-state index contributed by atoms with van der Waals surface area (Å²) in [6.45, 7) is 0. The molecule has 1 heterocycles. The third-order valence-electron chi connectivity index (χ3n) is 3.03. The Hall–Kier alpha value is -2.10. The number of fused-ring (bicyclic) bond motifs is 1. The van der Waals surface area contributed by atoms with Crippen molar-refractivity contribution >= 4 is 40.0 Å². The highest BCUT2D eigenvalue weighted by atomic mass is 35.5. The van der Waals surface area contributed by atoms with Crippen LogP contribution in [0.4, 0.5) is 0 Å². The minimum atomic E-state index is -0.722. The highest BCUT2D eigenvalue weighted by molar-refractivity contribution is 6.38. The number of hydrogen-bond donors (Lipinski definition) is 0. The van der Waals surface area contributed by atoms with Crippen molar-refractivity contribution in [2.75, 3.05) is 0 Å². The normalized spacial score (nSPS) is 10.8. The Bertz CT molecular complexity index is 899. The van der Waals surface area contributed by atoms with Gasteiger partial charge in [0.25, 0.3) is 0 Å². The van der Waals surface area contributed by atoms with Crippen molar-refractivity contribution in [2.24, 2.45) is 0 Å². The minimum absolute atomic E-state index is 0.0490. The zero-order valence-corrected chi connectivity index (χ0v) is 12.1. The molecule has 0 aliphatic rings. The third-order valence-corrected chi connectivity index (χ3v) is 3.53. The van der Waals surface area contributed by atoms with E-state index in [4.69, 9.17) is 27.6 Å². The second-order valence-corrected chi connectivity index (χ2v) is 5.29. The van der Waals surface area contributed by atoms with Gasteiger partial charge in [0.05, 0.1) is 5.02 Å². The molecule has 0 aliphatic heterocycles. The van der Waals surface area contributed by atoms with Gasteiger partial charge in [-0.15, -0.1) is 0 Å². The fourth-order valence-corrected chi connectivity index (χ4v) is 2.61. The van der Waals surface area contributed by atoms with E-state index >= 15 is 0 Å². The molecule has 0 spiro atoms. The van der Waals surface area contributed by atoms with E-state index < -0.39 is 11.4 Å². The molecule has 2 aromatic carbocycles. The molecule has 21 heavy (non-hydrogen) atoms. The summed E-state index contributed by atoms with van der Waals surface area (Å²) in [6, 6.07) is 13.0. The lowest BCUT2D eigenvalue weighted by Gasteiger charge is -2.04. The van der Waals surface area contributed by atoms with Crippen LogP contribution < -0.4 is 5.63 Å². The number of halogens is 2. The van der Waals surface area contributed by atoms with Crippen molar-refractivity contribution < 1.29 is 9.21 Å². The first-order chi connectivity index (χ1) is 10.1. The van der Waals surface area contributed by atoms with E-state index in [9.17, 15) is 9.59 Å². The van der Waals surface area contributed by atoms with Crippen LogP contribution in [0.5, 0.6) is 0 Å². The van der Waals surface area contributed by atoms with Crippen molar-refractivity contribution in [3.8, 4) is 0 Å². The maximum absolute atomic E-state index is 12.4. The Labute approximate surface area is 129 Å². The highest BCUT2D eigenvalue weighted by Crippen LogP contribution is 2.27. The quantitative estimate of drug-likeness (QED) is 0.522. The first kappa shape index (κ1) is 13.9. The molecule has 0 atom stereocenters. The van der Waals surface area contributed by atoms with Crippen molar-refractivity contribution in [1.82, 2.24) is 0 Å². The fraction of sp³-hybridized carbons (Fsp3) is 0. The van der Waals surface area contributed by atoms with Crippen LogP contribution in [0.3, 0.4) is 0 Å². The predicted molar refractivity (Wildman–Crippen MR) is 82.4 cm³/mol. The average Bonchev–Trinajstić information content (AvgIpc) is 2.48. The fourth-order valence-electron chi connectivity index (χ4n) is 2.06. The Balaban J connectivity index is 2.22. The molecule has 0 aliphatic carbocycles. The van der Waals surface area contributed by atoms with Crippen molar-refractivity contribution in [1.29, 1.82) is 0 Å². The summed E-state index contributed by atoms with van der Waals surface area (Å²) in [4.78, 5) is 24.4. The lowest BCUT2D eigenvalue weighted by Crippen LogP contribution is -2.14. The molecule has 0 fully saturated rings. The molecule has 0 amide bonds. The molecule has 0 N–H and O–H groups in total. The number of hydrogen-bond acceptors (Lipinski definition) is 3. The van der Waals surface area contributed by atoms with Crippen LogP contribution in [-0.2, 0) is 0 Å². The predicted octanol–water partition coefficient (Wildman–Crippen LogP) is 4.33. The highest BCUT2D eigenvalue weighted by Gasteiger charge is 2.16. The van der Waals surface area contributed by atoms with E-state index in [2.05, 4.69) is 0 Å². The lowest BCUT2D eigenvalue weighted by atomic mass is 10.0. The van der Waals surface area contributed by atoms with Gasteiger partial charge in [-0.2, -0.15) is 0 Å². The molecule has 1 aromatic heterocycles. The summed E-state index contributed by atoms with van der Waals surface area (Å²) in [5, 5.41) is 1.14. The van der Waals surface area contributed by atoms with Crippen LogP contribution >= 0.6 is 23.2 Å². The first-order valence-electron chi connectivity index (χ1n) is 6.09. The Morgan fingerprint density at radius 1 is 1.00 bits per heavy atom. The lowest BCUT2D eigenvalue weighted by molar-refractivity contribution is 0.103. The second kappa shape index (κ2) is 5.35. The summed E-state index contributed by atoms with van der Waals surface area (Å²) in [5.74, 6) is -0.401. The molecule has 0 saturated heterocycles. The number of rotatable bonds is 2. The minimum Gasteiger partial charge on any atom is -0.421 e. The summed E-state index contributed by atoms with van der Waals surface area (Å²) in [6.07, 6.45) is 0. The van der Waals surface area contributed by atoms with Gasteiger partial charge < -0.3 is 4.42 Å². The van der Waals surface area contributed by atoms with E-state index in [0.29, 0.717) is 16.0 Å². The summed E-state index contributed by atoms with van der Waals surface area (Å²) < 4.78 is 5.15. The van der Waals surface area contributed by atoms with E-state index in [1.807, 2.05) is 0 Å². The van der Waals surface area contributed by atoms with Crippen LogP contribution in [-0.4, -0.2) is 5.78 Å². The smallest absolute Gasteiger partial charge is 0.347 e. The van der Waals surface area contributed by atoms with Crippen LogP contribution in [0.2, 0.25) is 10.0 Å². The molecule has 0 radical (unpaired) electrons. The third kappa shape index (κ3) is 2.58. The van der Waals surface area contributed by atoms with Gasteiger partial charge in [0, 0.05) is 16.0 Å². The zero-order valence-electron chi connectivity index (χ0n) is 10.6. The molecule has 3 nitrogen and oxygen atoms in total. The van der Waals surface area contributed by atoms with E-state index in [1.54, 1.807) is 36.4 Å². The first-order valence-corrected chi connectivity index (χ1v) is 6.84. The Kier molecular flexibility index (Phi) is 3.53. The van der Waals surface area contributed by atoms with Crippen molar-refractivity contribution in [3.05, 3.63) is 80.1 Å². The van der Waals surface area contributed by atoms with Crippen LogP contribution in [0.25, 0.3) is 11.0 Å². The van der Waals surface area contributed by atoms with Gasteiger partial charge in [-0.25, -0.2) is 4.79 Å². The average molecular weight is 319 g/mol. The number of carbonyl (C=O) groups is 1. The standard InChI is InChI=1S/C16H8Cl2O3/c17-11-6-10-7-12(14(19)9-4-2-1-3-5-9)16(20)21-15(10)13(18)8-11/h1-8H. The van der Waals surface area contributed by atoms with Gasteiger partial charge in [-0.1, -0.05) is 53.5 Å². The van der Waals surface area contributed by atoms with Gasteiger partial charge in [0.2, 0.25) is 0 Å². The van der Waals surface area contributed by atoms with Gasteiger partial charge in [-0.3, -0.25) is 4.79 Å². The summed E-state index contributed by atoms with van der Waals surface area (Å²) >= 11 is 11.9. The van der Waals surface area contributed by atoms with Crippen LogP contribution in [0.15, 0.2) is 57.7 Å². The number of ketones is 1. The maximum Gasteiger partial charge on any atom is 0.347 e. The monoisotopic (exact) mass is 318 g/mol. The summed E-state index contributed by atoms with van der Waals surface area (Å²) in [5.41, 5.74) is -0.138. The molecule has 0 saturated carbocycles. The van der Waals surface area contributed by atoms with E-state index in [0.717, 1.165) is 0 Å². The largest absolute Gasteiger partial charge is 0.421 e. The molecule has 0 unspecified atom stereocenters. The molecular formula is C16H8Cl2O3. The molecule has 0 bridgehead atoms. The van der Waals surface area contributed by atoms with Crippen molar-refractivity contribution in [3.63, 3.8) is 0 Å². The van der Waals surface area contributed by atoms with Crippen molar-refractivity contribution in [2.45, 2.75) is 0 Å². The molecular weight excluding hydrogens is 311 g/mol. The van der Waals surface area contributed by atoms with E-state index in [1.165, 1.54) is 12.1 Å². The number of benzene rings is 2. The van der Waals surface area contributed by atoms with Gasteiger partial charge >= 0.3 is 5.63 Å². The molecule has 104 valence electrons. The van der Waals surface area contributed by atoms with Gasteiger partial charge in [-0.05, 0) is 18.2 Å². The molecule has 3 aromatic rings. The topological polar surface area (TPSA) is 47.3 Å². The molecule has 5 heteroatoms. The summed E-state index contributed by atoms with van der Waals surface area (Å²) in [7, 11) is 0. The van der Waals surface area contributed by atoms with Gasteiger partial charge in [0.1, 0.15) is 5.56 Å². The van der Waals surface area contributed by atoms with Crippen LogP contribution in [0, 0.1) is 0 Å². The zero-order chi connectivity index (χ0) is 15.0. The Morgan fingerprint density at radius 2 is 1.71 bits per heavy atom. The van der Waals surface area contributed by atoms with Gasteiger partial charge in [0.15, 0.2) is 11.4 Å². The Morgan fingerprint density at radius 3 is 2.43 bits per heavy atom. The molecule has 3 rings (SSSR count). The van der Waals surface area contributed by atoms with E-state index in [-0.39, 0.29) is 16.2 Å². The second-order valence-electron chi connectivity index (χ2n) is 4.45.